The summed E-state index contributed by atoms with van der Waals surface area (Å²) in [6.07, 6.45) is 0.846. The number of hydrogen-bond acceptors (Lipinski definition) is 5. The smallest absolute Gasteiger partial charge is 0.408 e. The van der Waals surface area contributed by atoms with Crippen molar-refractivity contribution in [3.63, 3.8) is 0 Å². The number of alkyl carbamates (subject to hydrolysis) is 1. The maximum atomic E-state index is 13.0. The molecule has 0 unspecified atom stereocenters. The molecule has 1 N–H and O–H groups in total. The van der Waals surface area contributed by atoms with Crippen molar-refractivity contribution in [2.24, 2.45) is 0 Å². The second-order valence-corrected chi connectivity index (χ2v) is 9.52. The highest BCUT2D eigenvalue weighted by Crippen LogP contribution is 2.26. The van der Waals surface area contributed by atoms with Gasteiger partial charge in [-0.05, 0) is 43.4 Å². The molecule has 0 fully saturated rings. The predicted molar refractivity (Wildman–Crippen MR) is 141 cm³/mol. The van der Waals surface area contributed by atoms with E-state index in [-0.39, 0.29) is 18.5 Å². The maximum Gasteiger partial charge on any atom is 0.408 e. The van der Waals surface area contributed by atoms with Crippen LogP contribution in [0, 0.1) is 6.92 Å². The second kappa shape index (κ2) is 14.2. The summed E-state index contributed by atoms with van der Waals surface area (Å²) in [6, 6.07) is 27.1. The summed E-state index contributed by atoms with van der Waals surface area (Å²) in [4.78, 5) is 25.6. The lowest BCUT2D eigenvalue weighted by atomic mass is 10.0. The molecule has 1 amide bonds. The molecule has 0 radical (unpaired) electrons. The van der Waals surface area contributed by atoms with Gasteiger partial charge in [0.2, 0.25) is 0 Å². The minimum absolute atomic E-state index is 0.132. The standard InChI is InChI=1S/C29H33NO4S/c1-3-33-28(31)27(30-29(32)34-20-24-12-8-5-9-13-24)26(19-18-23-10-6-4-7-11-23)35-21-25-16-14-22(2)15-17-25/h4-17,26-27H,3,18-21H2,1-2H3,(H,30,32)/t26-,27+/m0/s1. The summed E-state index contributed by atoms with van der Waals surface area (Å²) in [5.41, 5.74) is 4.43. The highest BCUT2D eigenvalue weighted by Gasteiger charge is 2.32. The number of thioether (sulfide) groups is 1. The van der Waals surface area contributed by atoms with Crippen LogP contribution < -0.4 is 5.32 Å². The lowest BCUT2D eigenvalue weighted by Crippen LogP contribution is -2.48. The predicted octanol–water partition coefficient (Wildman–Crippen LogP) is 6.09. The number of ether oxygens (including phenoxy) is 2. The Hall–Kier alpha value is -3.25. The first-order valence-corrected chi connectivity index (χ1v) is 12.9. The van der Waals surface area contributed by atoms with E-state index in [1.807, 2.05) is 48.5 Å². The van der Waals surface area contributed by atoms with E-state index < -0.39 is 18.1 Å². The van der Waals surface area contributed by atoms with Crippen LogP contribution in [0.5, 0.6) is 0 Å². The normalized spacial score (nSPS) is 12.4. The summed E-state index contributed by atoms with van der Waals surface area (Å²) in [7, 11) is 0. The quantitative estimate of drug-likeness (QED) is 0.311. The summed E-state index contributed by atoms with van der Waals surface area (Å²) in [6.45, 7) is 4.19. The number of amides is 1. The third-order valence-electron chi connectivity index (χ3n) is 5.54. The highest BCUT2D eigenvalue weighted by atomic mass is 32.2. The first-order chi connectivity index (χ1) is 17.0. The fourth-order valence-corrected chi connectivity index (χ4v) is 4.87. The molecular weight excluding hydrogens is 458 g/mol. The Morgan fingerprint density at radius 2 is 1.46 bits per heavy atom. The molecule has 0 heterocycles. The van der Waals surface area contributed by atoms with Crippen LogP contribution in [0.25, 0.3) is 0 Å². The Labute approximate surface area is 212 Å². The van der Waals surface area contributed by atoms with Gasteiger partial charge in [-0.1, -0.05) is 90.5 Å². The number of benzene rings is 3. The van der Waals surface area contributed by atoms with Crippen molar-refractivity contribution in [1.82, 2.24) is 5.32 Å². The molecule has 0 aliphatic heterocycles. The van der Waals surface area contributed by atoms with Crippen LogP contribution in [0.4, 0.5) is 4.79 Å². The molecule has 0 spiro atoms. The summed E-state index contributed by atoms with van der Waals surface area (Å²) >= 11 is 1.65. The molecule has 35 heavy (non-hydrogen) atoms. The van der Waals surface area contributed by atoms with Crippen molar-refractivity contribution in [3.05, 3.63) is 107 Å². The van der Waals surface area contributed by atoms with E-state index in [1.165, 1.54) is 16.7 Å². The molecule has 0 aliphatic rings. The monoisotopic (exact) mass is 491 g/mol. The van der Waals surface area contributed by atoms with Crippen LogP contribution in [0.1, 0.15) is 35.6 Å². The zero-order chi connectivity index (χ0) is 24.9. The van der Waals surface area contributed by atoms with Crippen LogP contribution in [-0.4, -0.2) is 30.0 Å². The first-order valence-electron chi connectivity index (χ1n) is 11.9. The van der Waals surface area contributed by atoms with Crippen molar-refractivity contribution >= 4 is 23.8 Å². The lowest BCUT2D eigenvalue weighted by Gasteiger charge is -2.26. The fraction of sp³-hybridized carbons (Fsp3) is 0.310. The first kappa shape index (κ1) is 26.4. The van der Waals surface area contributed by atoms with E-state index in [4.69, 9.17) is 9.47 Å². The van der Waals surface area contributed by atoms with Crippen LogP contribution in [0.3, 0.4) is 0 Å². The summed E-state index contributed by atoms with van der Waals surface area (Å²) < 4.78 is 10.8. The summed E-state index contributed by atoms with van der Waals surface area (Å²) in [5.74, 6) is 0.273. The summed E-state index contributed by atoms with van der Waals surface area (Å²) in [5, 5.41) is 2.60. The van der Waals surface area contributed by atoms with Gasteiger partial charge >= 0.3 is 12.1 Å². The van der Waals surface area contributed by atoms with Crippen LogP contribution >= 0.6 is 11.8 Å². The van der Waals surface area contributed by atoms with E-state index in [0.29, 0.717) is 6.42 Å². The number of rotatable bonds is 12. The number of nitrogens with one attached hydrogen (secondary N) is 1. The van der Waals surface area contributed by atoms with Gasteiger partial charge in [0.25, 0.3) is 0 Å². The van der Waals surface area contributed by atoms with Crippen molar-refractivity contribution in [3.8, 4) is 0 Å². The molecule has 2 atom stereocenters. The van der Waals surface area contributed by atoms with Gasteiger partial charge < -0.3 is 14.8 Å². The fourth-order valence-electron chi connectivity index (χ4n) is 3.61. The molecular formula is C29H33NO4S. The van der Waals surface area contributed by atoms with E-state index in [0.717, 1.165) is 17.7 Å². The highest BCUT2D eigenvalue weighted by molar-refractivity contribution is 7.99. The molecule has 3 aromatic rings. The molecule has 0 aromatic heterocycles. The van der Waals surface area contributed by atoms with E-state index in [1.54, 1.807) is 18.7 Å². The number of aryl methyl sites for hydroxylation is 2. The van der Waals surface area contributed by atoms with Crippen molar-refractivity contribution in [2.75, 3.05) is 6.61 Å². The number of carbonyl (C=O) groups is 2. The molecule has 3 rings (SSSR count). The zero-order valence-electron chi connectivity index (χ0n) is 20.3. The topological polar surface area (TPSA) is 64.6 Å². The van der Waals surface area contributed by atoms with Crippen LogP contribution in [0.15, 0.2) is 84.9 Å². The second-order valence-electron chi connectivity index (χ2n) is 8.30. The largest absolute Gasteiger partial charge is 0.464 e. The SMILES string of the molecule is CCOC(=O)[C@H](NC(=O)OCc1ccccc1)[C@H](CCc1ccccc1)SCc1ccc(C)cc1. The van der Waals surface area contributed by atoms with Crippen molar-refractivity contribution < 1.29 is 19.1 Å². The average Bonchev–Trinajstić information content (AvgIpc) is 2.89. The van der Waals surface area contributed by atoms with Gasteiger partial charge in [0.15, 0.2) is 0 Å². The minimum Gasteiger partial charge on any atom is -0.464 e. The lowest BCUT2D eigenvalue weighted by molar-refractivity contribution is -0.145. The molecule has 3 aromatic carbocycles. The Morgan fingerprint density at radius 3 is 2.09 bits per heavy atom. The van der Waals surface area contributed by atoms with Gasteiger partial charge in [-0.3, -0.25) is 0 Å². The average molecular weight is 492 g/mol. The number of hydrogen-bond donors (Lipinski definition) is 1. The Kier molecular flexibility index (Phi) is 10.7. The van der Waals surface area contributed by atoms with Gasteiger partial charge in [0, 0.05) is 11.0 Å². The van der Waals surface area contributed by atoms with Crippen molar-refractivity contribution in [2.45, 2.75) is 50.3 Å². The van der Waals surface area contributed by atoms with Crippen LogP contribution in [-0.2, 0) is 33.0 Å². The van der Waals surface area contributed by atoms with Gasteiger partial charge in [0.05, 0.1) is 6.61 Å². The van der Waals surface area contributed by atoms with E-state index in [9.17, 15) is 9.59 Å². The minimum atomic E-state index is -0.822. The number of carbonyl (C=O) groups excluding carboxylic acids is 2. The van der Waals surface area contributed by atoms with Crippen molar-refractivity contribution in [1.29, 1.82) is 0 Å². The van der Waals surface area contributed by atoms with Gasteiger partial charge in [-0.15, -0.1) is 0 Å². The number of esters is 1. The maximum absolute atomic E-state index is 13.0. The molecule has 0 saturated heterocycles. The molecule has 6 heteroatoms. The molecule has 5 nitrogen and oxygen atoms in total. The molecule has 0 aliphatic carbocycles. The third-order valence-corrected chi connectivity index (χ3v) is 6.98. The molecule has 0 saturated carbocycles. The third kappa shape index (κ3) is 9.13. The van der Waals surface area contributed by atoms with Gasteiger partial charge in [-0.2, -0.15) is 11.8 Å². The van der Waals surface area contributed by atoms with Gasteiger partial charge in [0.1, 0.15) is 12.6 Å². The Morgan fingerprint density at radius 1 is 0.829 bits per heavy atom. The van der Waals surface area contributed by atoms with E-state index in [2.05, 4.69) is 48.6 Å². The van der Waals surface area contributed by atoms with Crippen LogP contribution in [0.2, 0.25) is 0 Å². The Balaban J connectivity index is 1.72. The Bertz CT molecular complexity index is 1040. The van der Waals surface area contributed by atoms with Gasteiger partial charge in [-0.25, -0.2) is 9.59 Å². The molecule has 184 valence electrons. The van der Waals surface area contributed by atoms with E-state index >= 15 is 0 Å². The zero-order valence-corrected chi connectivity index (χ0v) is 21.1. The molecule has 0 bridgehead atoms.